The lowest BCUT2D eigenvalue weighted by molar-refractivity contribution is 0.0949. The molecule has 124 valence electrons. The summed E-state index contributed by atoms with van der Waals surface area (Å²) in [6, 6.07) is 3.97. The van der Waals surface area contributed by atoms with Crippen LogP contribution in [0.15, 0.2) is 23.7 Å². The first-order valence-corrected chi connectivity index (χ1v) is 8.41. The van der Waals surface area contributed by atoms with Gasteiger partial charge in [0, 0.05) is 24.7 Å². The maximum Gasteiger partial charge on any atom is 0.253 e. The van der Waals surface area contributed by atoms with Crippen molar-refractivity contribution in [2.45, 2.75) is 27.3 Å². The summed E-state index contributed by atoms with van der Waals surface area (Å²) in [6.07, 6.45) is 1.72. The summed E-state index contributed by atoms with van der Waals surface area (Å²) >= 11 is 1.61. The lowest BCUT2D eigenvalue weighted by Crippen LogP contribution is -2.24. The SMILES string of the molecule is CC(=O)c1[nH]c(C)c(C(=O)NCc2cn[nH]c2-c2cccs2)c1C. The Bertz CT molecular complexity index is 890. The molecule has 3 N–H and O–H groups in total. The molecule has 0 aliphatic carbocycles. The number of aromatic nitrogens is 3. The van der Waals surface area contributed by atoms with Crippen LogP contribution in [0.5, 0.6) is 0 Å². The number of nitrogens with zero attached hydrogens (tertiary/aromatic N) is 1. The van der Waals surface area contributed by atoms with E-state index in [2.05, 4.69) is 20.5 Å². The number of carbonyl (C=O) groups is 2. The van der Waals surface area contributed by atoms with Crippen LogP contribution in [-0.2, 0) is 6.54 Å². The Balaban J connectivity index is 1.78. The van der Waals surface area contributed by atoms with Crippen molar-refractivity contribution >= 4 is 23.0 Å². The minimum Gasteiger partial charge on any atom is -0.355 e. The number of aryl methyl sites for hydroxylation is 1. The normalized spacial score (nSPS) is 10.8. The van der Waals surface area contributed by atoms with E-state index in [-0.39, 0.29) is 11.7 Å². The van der Waals surface area contributed by atoms with E-state index in [1.54, 1.807) is 31.4 Å². The van der Waals surface area contributed by atoms with Crippen LogP contribution in [0.25, 0.3) is 10.6 Å². The van der Waals surface area contributed by atoms with Crippen LogP contribution in [0.3, 0.4) is 0 Å². The van der Waals surface area contributed by atoms with Crippen LogP contribution in [0.1, 0.15) is 44.6 Å². The van der Waals surface area contributed by atoms with Crippen LogP contribution in [0.4, 0.5) is 0 Å². The number of hydrogen-bond acceptors (Lipinski definition) is 4. The topological polar surface area (TPSA) is 90.6 Å². The van der Waals surface area contributed by atoms with E-state index in [9.17, 15) is 9.59 Å². The van der Waals surface area contributed by atoms with Gasteiger partial charge >= 0.3 is 0 Å². The molecule has 0 fully saturated rings. The molecule has 0 saturated heterocycles. The second-order valence-corrected chi connectivity index (χ2v) is 6.56. The number of ketones is 1. The molecule has 0 radical (unpaired) electrons. The number of rotatable bonds is 5. The van der Waals surface area contributed by atoms with Gasteiger partial charge in [-0.15, -0.1) is 11.3 Å². The van der Waals surface area contributed by atoms with Crippen molar-refractivity contribution in [2.75, 3.05) is 0 Å². The van der Waals surface area contributed by atoms with Gasteiger partial charge in [0.15, 0.2) is 5.78 Å². The minimum absolute atomic E-state index is 0.0792. The molecule has 3 aromatic rings. The Labute approximate surface area is 143 Å². The van der Waals surface area contributed by atoms with Crippen molar-refractivity contribution in [2.24, 2.45) is 0 Å². The van der Waals surface area contributed by atoms with Gasteiger partial charge in [-0.1, -0.05) is 6.07 Å². The first-order chi connectivity index (χ1) is 11.5. The number of carbonyl (C=O) groups excluding carboxylic acids is 2. The summed E-state index contributed by atoms with van der Waals surface area (Å²) in [7, 11) is 0. The molecular weight excluding hydrogens is 324 g/mol. The molecular formula is C17H18N4O2S. The lowest BCUT2D eigenvalue weighted by Gasteiger charge is -2.06. The van der Waals surface area contributed by atoms with Crippen LogP contribution in [0.2, 0.25) is 0 Å². The van der Waals surface area contributed by atoms with E-state index in [0.717, 1.165) is 16.1 Å². The van der Waals surface area contributed by atoms with Crippen molar-refractivity contribution in [3.63, 3.8) is 0 Å². The van der Waals surface area contributed by atoms with Crippen molar-refractivity contribution in [3.8, 4) is 10.6 Å². The molecule has 3 rings (SSSR count). The third-order valence-electron chi connectivity index (χ3n) is 3.94. The van der Waals surface area contributed by atoms with E-state index in [4.69, 9.17) is 0 Å². The summed E-state index contributed by atoms with van der Waals surface area (Å²) in [6.45, 7) is 5.42. The fourth-order valence-corrected chi connectivity index (χ4v) is 3.54. The van der Waals surface area contributed by atoms with Crippen LogP contribution in [-0.4, -0.2) is 26.9 Å². The highest BCUT2D eigenvalue weighted by molar-refractivity contribution is 7.13. The Hall–Kier alpha value is -2.67. The van der Waals surface area contributed by atoms with Gasteiger partial charge in [0.2, 0.25) is 0 Å². The zero-order valence-electron chi connectivity index (χ0n) is 13.7. The van der Waals surface area contributed by atoms with Gasteiger partial charge < -0.3 is 10.3 Å². The maximum atomic E-state index is 12.5. The molecule has 0 spiro atoms. The number of aromatic amines is 2. The minimum atomic E-state index is -0.202. The van der Waals surface area contributed by atoms with Crippen LogP contribution < -0.4 is 5.32 Å². The quantitative estimate of drug-likeness (QED) is 0.622. The van der Waals surface area contributed by atoms with Crippen molar-refractivity contribution in [1.82, 2.24) is 20.5 Å². The van der Waals surface area contributed by atoms with E-state index in [0.29, 0.717) is 29.1 Å². The van der Waals surface area contributed by atoms with Crippen molar-refractivity contribution < 1.29 is 9.59 Å². The van der Waals surface area contributed by atoms with Crippen molar-refractivity contribution in [3.05, 3.63) is 51.8 Å². The molecule has 24 heavy (non-hydrogen) atoms. The van der Waals surface area contributed by atoms with Gasteiger partial charge in [0.1, 0.15) is 0 Å². The maximum absolute atomic E-state index is 12.5. The second-order valence-electron chi connectivity index (χ2n) is 5.61. The molecule has 0 unspecified atom stereocenters. The Morgan fingerprint density at radius 2 is 2.12 bits per heavy atom. The Kier molecular flexibility index (Phi) is 4.35. The Morgan fingerprint density at radius 3 is 2.75 bits per heavy atom. The third kappa shape index (κ3) is 2.90. The fourth-order valence-electron chi connectivity index (χ4n) is 2.79. The fraction of sp³-hybridized carbons (Fsp3) is 0.235. The molecule has 3 heterocycles. The molecule has 7 heteroatoms. The van der Waals surface area contributed by atoms with Gasteiger partial charge in [0.05, 0.1) is 28.0 Å². The lowest BCUT2D eigenvalue weighted by atomic mass is 10.1. The first kappa shape index (κ1) is 16.2. The number of amides is 1. The van der Waals surface area contributed by atoms with Gasteiger partial charge in [-0.2, -0.15) is 5.10 Å². The molecule has 0 atom stereocenters. The van der Waals surface area contributed by atoms with Gasteiger partial charge in [-0.25, -0.2) is 0 Å². The van der Waals surface area contributed by atoms with E-state index in [1.165, 1.54) is 6.92 Å². The molecule has 0 aliphatic heterocycles. The molecule has 0 saturated carbocycles. The standard InChI is InChI=1S/C17H18N4O2S/c1-9-14(10(2)20-15(9)11(3)22)17(23)18-7-12-8-19-21-16(12)13-5-4-6-24-13/h4-6,8,20H,7H2,1-3H3,(H,18,23)(H,19,21). The summed E-state index contributed by atoms with van der Waals surface area (Å²) in [5, 5.41) is 11.9. The third-order valence-corrected chi connectivity index (χ3v) is 4.83. The molecule has 3 aromatic heterocycles. The summed E-state index contributed by atoms with van der Waals surface area (Å²) < 4.78 is 0. The summed E-state index contributed by atoms with van der Waals surface area (Å²) in [5.41, 5.74) is 4.23. The summed E-state index contributed by atoms with van der Waals surface area (Å²) in [5.74, 6) is -0.281. The zero-order chi connectivity index (χ0) is 17.3. The largest absolute Gasteiger partial charge is 0.355 e. The molecule has 0 aliphatic rings. The van der Waals surface area contributed by atoms with Crippen molar-refractivity contribution in [1.29, 1.82) is 0 Å². The first-order valence-electron chi connectivity index (χ1n) is 7.53. The Morgan fingerprint density at radius 1 is 1.33 bits per heavy atom. The van der Waals surface area contributed by atoms with E-state index in [1.807, 2.05) is 17.5 Å². The zero-order valence-corrected chi connectivity index (χ0v) is 14.5. The van der Waals surface area contributed by atoms with Gasteiger partial charge in [0.25, 0.3) is 5.91 Å². The van der Waals surface area contributed by atoms with E-state index >= 15 is 0 Å². The number of H-pyrrole nitrogens is 2. The smallest absolute Gasteiger partial charge is 0.253 e. The number of thiophene rings is 1. The molecule has 1 amide bonds. The highest BCUT2D eigenvalue weighted by Gasteiger charge is 2.20. The molecule has 6 nitrogen and oxygen atoms in total. The number of nitrogens with one attached hydrogen (secondary N) is 3. The van der Waals surface area contributed by atoms with Crippen LogP contribution in [0, 0.1) is 13.8 Å². The second kappa shape index (κ2) is 6.45. The summed E-state index contributed by atoms with van der Waals surface area (Å²) in [4.78, 5) is 28.2. The number of Topliss-reactive ketones (excluding diaryl/α,β-unsaturated/α-hetero) is 1. The molecule has 0 bridgehead atoms. The van der Waals surface area contributed by atoms with Gasteiger partial charge in [-0.3, -0.25) is 14.7 Å². The van der Waals surface area contributed by atoms with Crippen LogP contribution >= 0.6 is 11.3 Å². The highest BCUT2D eigenvalue weighted by Crippen LogP contribution is 2.26. The monoisotopic (exact) mass is 342 g/mol. The average Bonchev–Trinajstić information content (AvgIpc) is 3.24. The average molecular weight is 342 g/mol. The number of hydrogen-bond donors (Lipinski definition) is 3. The highest BCUT2D eigenvalue weighted by atomic mass is 32.1. The van der Waals surface area contributed by atoms with Gasteiger partial charge in [-0.05, 0) is 30.9 Å². The predicted octanol–water partition coefficient (Wildman–Crippen LogP) is 3.22. The van der Waals surface area contributed by atoms with E-state index < -0.39 is 0 Å². The predicted molar refractivity (Wildman–Crippen MR) is 93.3 cm³/mol. The molecule has 0 aromatic carbocycles.